The quantitative estimate of drug-likeness (QED) is 0.857. The number of rotatable bonds is 5. The molecule has 3 nitrogen and oxygen atoms in total. The Kier molecular flexibility index (Phi) is 3.86. The average Bonchev–Trinajstić information content (AvgIpc) is 2.45. The SMILES string of the molecule is CCOc1ccc(Cl)cc1CNC12C[C@@H]3C[C@@H](CC(O)(C3)C1)C2. The van der Waals surface area contributed by atoms with Gasteiger partial charge in [-0.1, -0.05) is 11.6 Å². The van der Waals surface area contributed by atoms with Crippen LogP contribution in [-0.2, 0) is 6.54 Å². The van der Waals surface area contributed by atoms with Gasteiger partial charge >= 0.3 is 0 Å². The predicted octanol–water partition coefficient (Wildman–Crippen LogP) is 3.91. The third-order valence-corrected chi connectivity index (χ3v) is 6.24. The van der Waals surface area contributed by atoms with E-state index in [1.54, 1.807) is 0 Å². The standard InChI is InChI=1S/C19H26ClNO2/c1-2-23-17-4-3-16(20)6-15(17)11-21-18-7-13-5-14(8-18)10-19(22,9-13)12-18/h3-4,6,13-14,21-22H,2,5,7-12H2,1H3/t13-,14+,18?,19?. The highest BCUT2D eigenvalue weighted by Crippen LogP contribution is 2.57. The molecule has 4 aliphatic rings. The number of hydrogen-bond acceptors (Lipinski definition) is 3. The van der Waals surface area contributed by atoms with E-state index in [9.17, 15) is 5.11 Å². The molecule has 0 amide bonds. The van der Waals surface area contributed by atoms with Crippen molar-refractivity contribution < 1.29 is 9.84 Å². The van der Waals surface area contributed by atoms with Gasteiger partial charge in [-0.05, 0) is 75.5 Å². The van der Waals surface area contributed by atoms with Crippen molar-refractivity contribution in [3.63, 3.8) is 0 Å². The maximum Gasteiger partial charge on any atom is 0.123 e. The zero-order valence-corrected chi connectivity index (χ0v) is 14.5. The zero-order valence-electron chi connectivity index (χ0n) is 13.8. The molecule has 0 saturated heterocycles. The normalized spacial score (nSPS) is 38.0. The van der Waals surface area contributed by atoms with Crippen LogP contribution in [0.3, 0.4) is 0 Å². The van der Waals surface area contributed by atoms with E-state index in [0.29, 0.717) is 18.4 Å². The number of benzene rings is 1. The van der Waals surface area contributed by atoms with E-state index in [1.807, 2.05) is 25.1 Å². The minimum absolute atomic E-state index is 0.102. The third-order valence-electron chi connectivity index (χ3n) is 6.01. The van der Waals surface area contributed by atoms with Crippen molar-refractivity contribution in [3.05, 3.63) is 28.8 Å². The number of halogens is 1. The lowest BCUT2D eigenvalue weighted by Gasteiger charge is -2.60. The van der Waals surface area contributed by atoms with Crippen molar-refractivity contribution in [2.24, 2.45) is 11.8 Å². The molecular formula is C19H26ClNO2. The van der Waals surface area contributed by atoms with Gasteiger partial charge in [-0.15, -0.1) is 0 Å². The van der Waals surface area contributed by atoms with E-state index >= 15 is 0 Å². The molecule has 1 aromatic carbocycles. The highest BCUT2D eigenvalue weighted by Gasteiger charge is 2.56. The lowest BCUT2D eigenvalue weighted by Crippen LogP contribution is -2.64. The highest BCUT2D eigenvalue weighted by atomic mass is 35.5. The first-order valence-corrected chi connectivity index (χ1v) is 9.26. The first-order valence-electron chi connectivity index (χ1n) is 8.88. The molecule has 0 aromatic heterocycles. The minimum Gasteiger partial charge on any atom is -0.494 e. The Hall–Kier alpha value is -0.770. The van der Waals surface area contributed by atoms with Gasteiger partial charge in [0.05, 0.1) is 12.2 Å². The third kappa shape index (κ3) is 2.99. The molecule has 0 heterocycles. The van der Waals surface area contributed by atoms with Gasteiger partial charge in [0, 0.05) is 22.7 Å². The second-order valence-corrected chi connectivity index (χ2v) is 8.44. The minimum atomic E-state index is -0.422. The van der Waals surface area contributed by atoms with Gasteiger partial charge in [-0.2, -0.15) is 0 Å². The summed E-state index contributed by atoms with van der Waals surface area (Å²) in [5.41, 5.74) is 0.792. The summed E-state index contributed by atoms with van der Waals surface area (Å²) in [6, 6.07) is 5.83. The Morgan fingerprint density at radius 1 is 1.26 bits per heavy atom. The fraction of sp³-hybridized carbons (Fsp3) is 0.684. The maximum absolute atomic E-state index is 10.9. The topological polar surface area (TPSA) is 41.5 Å². The molecule has 0 spiro atoms. The molecule has 2 unspecified atom stereocenters. The highest BCUT2D eigenvalue weighted by molar-refractivity contribution is 6.30. The van der Waals surface area contributed by atoms with Crippen LogP contribution >= 0.6 is 11.6 Å². The van der Waals surface area contributed by atoms with Crippen LogP contribution in [0.4, 0.5) is 0 Å². The summed E-state index contributed by atoms with van der Waals surface area (Å²) < 4.78 is 5.74. The van der Waals surface area contributed by atoms with Crippen LogP contribution in [-0.4, -0.2) is 22.9 Å². The fourth-order valence-corrected chi connectivity index (χ4v) is 5.88. The lowest BCUT2D eigenvalue weighted by molar-refractivity contribution is -0.142. The van der Waals surface area contributed by atoms with Gasteiger partial charge in [0.1, 0.15) is 5.75 Å². The molecule has 5 rings (SSSR count). The largest absolute Gasteiger partial charge is 0.494 e. The molecule has 4 bridgehead atoms. The van der Waals surface area contributed by atoms with Crippen molar-refractivity contribution in [2.45, 2.75) is 63.1 Å². The van der Waals surface area contributed by atoms with Crippen molar-refractivity contribution in [1.29, 1.82) is 0 Å². The van der Waals surface area contributed by atoms with E-state index in [2.05, 4.69) is 5.32 Å². The van der Waals surface area contributed by atoms with Crippen LogP contribution in [0.25, 0.3) is 0 Å². The van der Waals surface area contributed by atoms with Gasteiger partial charge in [0.15, 0.2) is 0 Å². The summed E-state index contributed by atoms with van der Waals surface area (Å²) in [5.74, 6) is 2.30. The van der Waals surface area contributed by atoms with Crippen molar-refractivity contribution in [1.82, 2.24) is 5.32 Å². The Labute approximate surface area is 143 Å². The Bertz CT molecular complexity index is 589. The Morgan fingerprint density at radius 3 is 2.65 bits per heavy atom. The summed E-state index contributed by atoms with van der Waals surface area (Å²) in [6.07, 6.45) is 6.64. The monoisotopic (exact) mass is 335 g/mol. The molecule has 4 aliphatic carbocycles. The van der Waals surface area contributed by atoms with Crippen LogP contribution < -0.4 is 10.1 Å². The van der Waals surface area contributed by atoms with E-state index in [1.165, 1.54) is 19.3 Å². The lowest BCUT2D eigenvalue weighted by atomic mass is 9.51. The number of nitrogens with one attached hydrogen (secondary N) is 1. The summed E-state index contributed by atoms with van der Waals surface area (Å²) >= 11 is 6.17. The van der Waals surface area contributed by atoms with E-state index in [-0.39, 0.29) is 5.54 Å². The van der Waals surface area contributed by atoms with E-state index in [4.69, 9.17) is 16.3 Å². The zero-order chi connectivity index (χ0) is 16.1. The summed E-state index contributed by atoms with van der Waals surface area (Å²) in [4.78, 5) is 0. The smallest absolute Gasteiger partial charge is 0.123 e. The molecule has 23 heavy (non-hydrogen) atoms. The van der Waals surface area contributed by atoms with Crippen molar-refractivity contribution in [2.75, 3.05) is 6.61 Å². The average molecular weight is 336 g/mol. The Morgan fingerprint density at radius 2 is 2.00 bits per heavy atom. The number of aliphatic hydroxyl groups is 1. The molecule has 4 heteroatoms. The van der Waals surface area contributed by atoms with Crippen molar-refractivity contribution in [3.8, 4) is 5.75 Å². The van der Waals surface area contributed by atoms with Gasteiger partial charge in [-0.25, -0.2) is 0 Å². The fourth-order valence-electron chi connectivity index (χ4n) is 5.69. The summed E-state index contributed by atoms with van der Waals surface area (Å²) in [7, 11) is 0. The molecule has 126 valence electrons. The van der Waals surface area contributed by atoms with Crippen LogP contribution in [0.1, 0.15) is 51.0 Å². The van der Waals surface area contributed by atoms with Crippen LogP contribution in [0.15, 0.2) is 18.2 Å². The number of ether oxygens (including phenoxy) is 1. The van der Waals surface area contributed by atoms with Crippen LogP contribution in [0.5, 0.6) is 5.75 Å². The molecular weight excluding hydrogens is 310 g/mol. The summed E-state index contributed by atoms with van der Waals surface area (Å²) in [6.45, 7) is 3.41. The van der Waals surface area contributed by atoms with Gasteiger partial charge < -0.3 is 15.2 Å². The predicted molar refractivity (Wildman–Crippen MR) is 91.8 cm³/mol. The second-order valence-electron chi connectivity index (χ2n) is 8.00. The van der Waals surface area contributed by atoms with E-state index in [0.717, 1.165) is 42.1 Å². The Balaban J connectivity index is 1.52. The molecule has 4 atom stereocenters. The molecule has 1 aromatic rings. The van der Waals surface area contributed by atoms with E-state index < -0.39 is 5.60 Å². The first-order chi connectivity index (χ1) is 11.0. The number of hydrogen-bond donors (Lipinski definition) is 2. The van der Waals surface area contributed by atoms with Crippen molar-refractivity contribution >= 4 is 11.6 Å². The maximum atomic E-state index is 10.9. The molecule has 4 fully saturated rings. The molecule has 2 N–H and O–H groups in total. The van der Waals surface area contributed by atoms with Gasteiger partial charge in [0.2, 0.25) is 0 Å². The first kappa shape index (κ1) is 15.7. The molecule has 4 saturated carbocycles. The summed E-state index contributed by atoms with van der Waals surface area (Å²) in [5, 5.41) is 15.4. The van der Waals surface area contributed by atoms with Crippen LogP contribution in [0, 0.1) is 11.8 Å². The second kappa shape index (κ2) is 5.65. The van der Waals surface area contributed by atoms with Gasteiger partial charge in [-0.3, -0.25) is 0 Å². The van der Waals surface area contributed by atoms with Gasteiger partial charge in [0.25, 0.3) is 0 Å². The molecule has 0 aliphatic heterocycles. The van der Waals surface area contributed by atoms with Crippen LogP contribution in [0.2, 0.25) is 5.02 Å². The molecule has 0 radical (unpaired) electrons.